The van der Waals surface area contributed by atoms with Crippen LogP contribution in [-0.4, -0.2) is 36.0 Å². The molecule has 25 heavy (non-hydrogen) atoms. The Morgan fingerprint density at radius 1 is 1.28 bits per heavy atom. The second-order valence-corrected chi connectivity index (χ2v) is 5.99. The highest BCUT2D eigenvalue weighted by molar-refractivity contribution is 5.60. The fraction of sp³-hybridized carbons (Fsp3) is 0.263. The van der Waals surface area contributed by atoms with E-state index in [4.69, 9.17) is 0 Å². The van der Waals surface area contributed by atoms with Crippen LogP contribution in [-0.2, 0) is 0 Å². The summed E-state index contributed by atoms with van der Waals surface area (Å²) in [5, 5.41) is 14.4. The summed E-state index contributed by atoms with van der Waals surface area (Å²) in [5.41, 5.74) is 1.62. The molecule has 1 unspecified atom stereocenters. The van der Waals surface area contributed by atoms with Crippen molar-refractivity contribution in [2.24, 2.45) is 0 Å². The fourth-order valence-corrected chi connectivity index (χ4v) is 3.12. The van der Waals surface area contributed by atoms with Crippen LogP contribution in [0, 0.1) is 15.9 Å². The van der Waals surface area contributed by atoms with Gasteiger partial charge in [0.1, 0.15) is 5.82 Å². The van der Waals surface area contributed by atoms with Crippen LogP contribution < -0.4 is 5.32 Å². The Balaban J connectivity index is 1.73. The Labute approximate surface area is 145 Å². The molecule has 6 heteroatoms. The maximum absolute atomic E-state index is 13.5. The van der Waals surface area contributed by atoms with Crippen molar-refractivity contribution in [2.45, 2.75) is 6.04 Å². The Morgan fingerprint density at radius 2 is 2.12 bits per heavy atom. The summed E-state index contributed by atoms with van der Waals surface area (Å²) in [6.07, 6.45) is 3.71. The lowest BCUT2D eigenvalue weighted by Gasteiger charge is -2.35. The van der Waals surface area contributed by atoms with Crippen LogP contribution >= 0.6 is 0 Å². The topological polar surface area (TPSA) is 58.4 Å². The summed E-state index contributed by atoms with van der Waals surface area (Å²) in [6, 6.07) is 13.4. The standard InChI is InChI=1S/C19H20FN3O2/c20-17-8-3-6-16(13-17)19-14-21-10-12-22(19)11-4-7-15-5-1-2-9-18(15)23(24)25/h1-9,13,19,21H,10-12,14H2/b7-4+. The van der Waals surface area contributed by atoms with Crippen LogP contribution in [0.3, 0.4) is 0 Å². The van der Waals surface area contributed by atoms with E-state index in [9.17, 15) is 14.5 Å². The van der Waals surface area contributed by atoms with Crippen molar-refractivity contribution in [3.8, 4) is 0 Å². The van der Waals surface area contributed by atoms with Crippen LogP contribution in [0.5, 0.6) is 0 Å². The van der Waals surface area contributed by atoms with Gasteiger partial charge in [-0.3, -0.25) is 15.0 Å². The number of nitrogens with one attached hydrogen (secondary N) is 1. The van der Waals surface area contributed by atoms with E-state index in [1.807, 2.05) is 12.1 Å². The molecule has 2 aromatic carbocycles. The quantitative estimate of drug-likeness (QED) is 0.669. The molecular formula is C19H20FN3O2. The third kappa shape index (κ3) is 4.29. The maximum Gasteiger partial charge on any atom is 0.276 e. The fourth-order valence-electron chi connectivity index (χ4n) is 3.12. The van der Waals surface area contributed by atoms with Gasteiger partial charge in [0.2, 0.25) is 0 Å². The van der Waals surface area contributed by atoms with E-state index < -0.39 is 0 Å². The summed E-state index contributed by atoms with van der Waals surface area (Å²) >= 11 is 0. The molecule has 1 saturated heterocycles. The highest BCUT2D eigenvalue weighted by Gasteiger charge is 2.23. The molecule has 1 heterocycles. The van der Waals surface area contributed by atoms with Crippen LogP contribution in [0.4, 0.5) is 10.1 Å². The van der Waals surface area contributed by atoms with E-state index in [1.165, 1.54) is 12.1 Å². The third-order valence-corrected chi connectivity index (χ3v) is 4.36. The lowest BCUT2D eigenvalue weighted by atomic mass is 10.0. The molecular weight excluding hydrogens is 321 g/mol. The summed E-state index contributed by atoms with van der Waals surface area (Å²) in [6.45, 7) is 3.10. The smallest absolute Gasteiger partial charge is 0.276 e. The zero-order chi connectivity index (χ0) is 17.6. The molecule has 130 valence electrons. The number of para-hydroxylation sites is 1. The van der Waals surface area contributed by atoms with Gasteiger partial charge in [0.15, 0.2) is 0 Å². The van der Waals surface area contributed by atoms with Crippen LogP contribution in [0.15, 0.2) is 54.6 Å². The van der Waals surface area contributed by atoms with Crippen LogP contribution in [0.1, 0.15) is 17.2 Å². The third-order valence-electron chi connectivity index (χ3n) is 4.36. The highest BCUT2D eigenvalue weighted by Crippen LogP contribution is 2.23. The Hall–Kier alpha value is -2.57. The molecule has 0 radical (unpaired) electrons. The molecule has 0 spiro atoms. The molecule has 1 aliphatic rings. The van der Waals surface area contributed by atoms with E-state index in [1.54, 1.807) is 36.4 Å². The van der Waals surface area contributed by atoms with Crippen molar-refractivity contribution in [2.75, 3.05) is 26.2 Å². The number of nitrogens with zero attached hydrogens (tertiary/aromatic N) is 2. The SMILES string of the molecule is O=[N+]([O-])c1ccccc1/C=C/CN1CCNCC1c1cccc(F)c1. The summed E-state index contributed by atoms with van der Waals surface area (Å²) in [4.78, 5) is 12.9. The van der Waals surface area contributed by atoms with E-state index in [2.05, 4.69) is 10.2 Å². The van der Waals surface area contributed by atoms with E-state index in [0.717, 1.165) is 25.2 Å². The molecule has 1 aliphatic heterocycles. The van der Waals surface area contributed by atoms with Crippen molar-refractivity contribution >= 4 is 11.8 Å². The number of nitro groups is 1. The average molecular weight is 341 g/mol. The number of nitro benzene ring substituents is 1. The molecule has 1 fully saturated rings. The number of halogens is 1. The number of hydrogen-bond acceptors (Lipinski definition) is 4. The van der Waals surface area contributed by atoms with Gasteiger partial charge in [-0.2, -0.15) is 0 Å². The predicted octanol–water partition coefficient (Wildman–Crippen LogP) is 3.39. The molecule has 0 aromatic heterocycles. The van der Waals surface area contributed by atoms with Gasteiger partial charge in [0.05, 0.1) is 10.5 Å². The summed E-state index contributed by atoms with van der Waals surface area (Å²) in [7, 11) is 0. The van der Waals surface area contributed by atoms with Gasteiger partial charge >= 0.3 is 0 Å². The molecule has 0 bridgehead atoms. The van der Waals surface area contributed by atoms with Crippen molar-refractivity contribution in [1.82, 2.24) is 10.2 Å². The zero-order valence-electron chi connectivity index (χ0n) is 13.8. The minimum atomic E-state index is -0.375. The lowest BCUT2D eigenvalue weighted by molar-refractivity contribution is -0.385. The molecule has 0 amide bonds. The monoisotopic (exact) mass is 341 g/mol. The second-order valence-electron chi connectivity index (χ2n) is 5.99. The molecule has 2 aromatic rings. The Kier molecular flexibility index (Phi) is 5.53. The molecule has 5 nitrogen and oxygen atoms in total. The van der Waals surface area contributed by atoms with Gasteiger partial charge < -0.3 is 5.32 Å². The maximum atomic E-state index is 13.5. The van der Waals surface area contributed by atoms with Crippen LogP contribution in [0.25, 0.3) is 6.08 Å². The highest BCUT2D eigenvalue weighted by atomic mass is 19.1. The van der Waals surface area contributed by atoms with Gasteiger partial charge in [-0.25, -0.2) is 4.39 Å². The normalized spacial score (nSPS) is 18.5. The molecule has 0 aliphatic carbocycles. The van der Waals surface area contributed by atoms with E-state index in [-0.39, 0.29) is 22.5 Å². The summed E-state index contributed by atoms with van der Waals surface area (Å²) in [5.74, 6) is -0.238. The predicted molar refractivity (Wildman–Crippen MR) is 95.7 cm³/mol. The number of piperazine rings is 1. The summed E-state index contributed by atoms with van der Waals surface area (Å²) < 4.78 is 13.5. The van der Waals surface area contributed by atoms with Gasteiger partial charge in [-0.05, 0) is 23.8 Å². The van der Waals surface area contributed by atoms with Crippen molar-refractivity contribution in [1.29, 1.82) is 0 Å². The van der Waals surface area contributed by atoms with E-state index in [0.29, 0.717) is 12.1 Å². The minimum Gasteiger partial charge on any atom is -0.314 e. The van der Waals surface area contributed by atoms with Crippen molar-refractivity contribution in [3.63, 3.8) is 0 Å². The largest absolute Gasteiger partial charge is 0.314 e. The lowest BCUT2D eigenvalue weighted by Crippen LogP contribution is -2.45. The van der Waals surface area contributed by atoms with E-state index >= 15 is 0 Å². The molecule has 1 N–H and O–H groups in total. The van der Waals surface area contributed by atoms with Crippen molar-refractivity contribution < 1.29 is 9.31 Å². The second kappa shape index (κ2) is 8.00. The first-order chi connectivity index (χ1) is 12.1. The van der Waals surface area contributed by atoms with Crippen molar-refractivity contribution in [3.05, 3.63) is 81.7 Å². The van der Waals surface area contributed by atoms with Gasteiger partial charge in [0.25, 0.3) is 5.69 Å². The number of benzene rings is 2. The molecule has 0 saturated carbocycles. The van der Waals surface area contributed by atoms with Gasteiger partial charge in [0, 0.05) is 38.3 Å². The van der Waals surface area contributed by atoms with Crippen LogP contribution in [0.2, 0.25) is 0 Å². The average Bonchev–Trinajstić information content (AvgIpc) is 2.62. The van der Waals surface area contributed by atoms with Gasteiger partial charge in [-0.1, -0.05) is 36.4 Å². The number of hydrogen-bond donors (Lipinski definition) is 1. The Bertz CT molecular complexity index is 779. The van der Waals surface area contributed by atoms with Gasteiger partial charge in [-0.15, -0.1) is 0 Å². The first kappa shape index (κ1) is 17.3. The zero-order valence-corrected chi connectivity index (χ0v) is 13.8. The number of rotatable bonds is 5. The first-order valence-corrected chi connectivity index (χ1v) is 8.25. The first-order valence-electron chi connectivity index (χ1n) is 8.25. The molecule has 3 rings (SSSR count). The minimum absolute atomic E-state index is 0.0832. The Morgan fingerprint density at radius 3 is 2.92 bits per heavy atom. The molecule has 1 atom stereocenters.